The number of para-hydroxylation sites is 1. The van der Waals surface area contributed by atoms with Gasteiger partial charge in [0.2, 0.25) is 0 Å². The average Bonchev–Trinajstić information content (AvgIpc) is 3.80. The van der Waals surface area contributed by atoms with E-state index in [-0.39, 0.29) is 46.7 Å². The average molecular weight is 798 g/mol. The van der Waals surface area contributed by atoms with E-state index >= 15 is 0 Å². The second kappa shape index (κ2) is 14.8. The van der Waals surface area contributed by atoms with Crippen LogP contribution in [0.5, 0.6) is 0 Å². The molecule has 1 aromatic heterocycles. The molecule has 0 amide bonds. The molecule has 0 atom stereocenters. The van der Waals surface area contributed by atoms with Crippen molar-refractivity contribution in [1.29, 1.82) is 0 Å². The highest BCUT2D eigenvalue weighted by molar-refractivity contribution is 6.20. The van der Waals surface area contributed by atoms with E-state index in [0.717, 1.165) is 54.2 Å². The van der Waals surface area contributed by atoms with Crippen LogP contribution in [-0.4, -0.2) is 0 Å². The maximum absolute atomic E-state index is 9.96. The van der Waals surface area contributed by atoms with Crippen LogP contribution in [0, 0.1) is 0 Å². The number of benzene rings is 11. The fraction of sp³-hybridized carbons (Fsp3) is 0. The van der Waals surface area contributed by atoms with Gasteiger partial charge in [0.1, 0.15) is 11.2 Å². The summed E-state index contributed by atoms with van der Waals surface area (Å²) in [6.07, 6.45) is 0. The van der Waals surface area contributed by atoms with Gasteiger partial charge in [0, 0.05) is 33.1 Å². The number of hydrogen-bond acceptors (Lipinski definition) is 2. The van der Waals surface area contributed by atoms with Crippen LogP contribution in [0.4, 0.5) is 17.1 Å². The van der Waals surface area contributed by atoms with Crippen LogP contribution in [0.25, 0.3) is 98.8 Å². The van der Waals surface area contributed by atoms with Gasteiger partial charge in [0.15, 0.2) is 0 Å². The summed E-state index contributed by atoms with van der Waals surface area (Å²) in [4.78, 5) is 1.40. The van der Waals surface area contributed by atoms with Crippen molar-refractivity contribution in [2.24, 2.45) is 0 Å². The van der Waals surface area contributed by atoms with Gasteiger partial charge in [-0.3, -0.25) is 0 Å². The van der Waals surface area contributed by atoms with Gasteiger partial charge in [-0.1, -0.05) is 182 Å². The lowest BCUT2D eigenvalue weighted by atomic mass is 9.93. The molecule has 0 aliphatic heterocycles. The van der Waals surface area contributed by atoms with Crippen LogP contribution in [0.2, 0.25) is 0 Å². The molecule has 2 heteroatoms. The van der Waals surface area contributed by atoms with Crippen molar-refractivity contribution in [2.75, 3.05) is 4.90 Å². The van der Waals surface area contributed by atoms with Crippen LogP contribution in [0.15, 0.2) is 241 Å². The number of fused-ring (bicyclic) bond motifs is 8. The van der Waals surface area contributed by atoms with E-state index in [0.29, 0.717) is 39.1 Å². The number of nitrogens with zero attached hydrogens (tertiary/aromatic N) is 1. The highest BCUT2D eigenvalue weighted by Gasteiger charge is 2.21. The number of furan rings is 1. The minimum absolute atomic E-state index is 0.0877. The maximum Gasteiger partial charge on any atom is 0.143 e. The maximum atomic E-state index is 9.96. The fourth-order valence-corrected chi connectivity index (χ4v) is 8.89. The van der Waals surface area contributed by atoms with Gasteiger partial charge in [-0.05, 0) is 120 Å². The summed E-state index contributed by atoms with van der Waals surface area (Å²) in [5.74, 6) is 0. The van der Waals surface area contributed by atoms with Gasteiger partial charge in [-0.2, -0.15) is 0 Å². The van der Waals surface area contributed by atoms with Gasteiger partial charge in [-0.25, -0.2) is 0 Å². The molecule has 0 aliphatic rings. The Hall–Kier alpha value is -8.20. The monoisotopic (exact) mass is 797 g/mol. The van der Waals surface area contributed by atoms with Gasteiger partial charge in [-0.15, -0.1) is 0 Å². The van der Waals surface area contributed by atoms with E-state index in [1.54, 1.807) is 18.2 Å². The van der Waals surface area contributed by atoms with Gasteiger partial charge in [0.25, 0.3) is 0 Å². The van der Waals surface area contributed by atoms with Crippen LogP contribution in [0.1, 0.15) is 11.0 Å². The van der Waals surface area contributed by atoms with Crippen molar-refractivity contribution in [1.82, 2.24) is 0 Å². The molecule has 12 rings (SSSR count). The molecule has 0 saturated heterocycles. The Morgan fingerprint density at radius 1 is 0.339 bits per heavy atom. The minimum atomic E-state index is -0.421. The summed E-state index contributed by atoms with van der Waals surface area (Å²) in [6.45, 7) is 0. The minimum Gasteiger partial charge on any atom is -0.455 e. The predicted octanol–water partition coefficient (Wildman–Crippen LogP) is 17.2. The number of hydrogen-bond donors (Lipinski definition) is 0. The molecule has 0 bridgehead atoms. The third kappa shape index (κ3) is 6.04. The zero-order valence-corrected chi connectivity index (χ0v) is 33.3. The number of anilines is 3. The molecule has 0 fully saturated rings. The summed E-state index contributed by atoms with van der Waals surface area (Å²) >= 11 is 0. The normalized spacial score (nSPS) is 13.4. The molecule has 0 spiro atoms. The van der Waals surface area contributed by atoms with Gasteiger partial charge < -0.3 is 9.32 Å². The fourth-order valence-electron chi connectivity index (χ4n) is 8.89. The summed E-state index contributed by atoms with van der Waals surface area (Å²) in [6, 6.07) is 56.7. The first kappa shape index (κ1) is 28.3. The highest BCUT2D eigenvalue weighted by Crippen LogP contribution is 2.46. The second-order valence-electron chi connectivity index (χ2n) is 15.4. The van der Waals surface area contributed by atoms with Crippen LogP contribution >= 0.6 is 0 Å². The molecule has 12 aromatic rings. The lowest BCUT2D eigenvalue weighted by Crippen LogP contribution is -2.11. The molecule has 2 nitrogen and oxygen atoms in total. The van der Waals surface area contributed by atoms with Crippen molar-refractivity contribution in [3.63, 3.8) is 0 Å². The Bertz CT molecular complexity index is 4070. The third-order valence-corrected chi connectivity index (χ3v) is 11.8. The zero-order chi connectivity index (χ0) is 47.9. The molecule has 0 radical (unpaired) electrons. The molecule has 290 valence electrons. The first-order valence-corrected chi connectivity index (χ1v) is 20.6. The van der Waals surface area contributed by atoms with Crippen molar-refractivity contribution in [3.05, 3.63) is 236 Å². The smallest absolute Gasteiger partial charge is 0.143 e. The Morgan fingerprint density at radius 3 is 1.71 bits per heavy atom. The Labute approximate surface area is 371 Å². The third-order valence-electron chi connectivity index (χ3n) is 11.8. The van der Waals surface area contributed by atoms with Gasteiger partial charge in [0.05, 0.1) is 16.7 Å². The van der Waals surface area contributed by atoms with Crippen LogP contribution in [-0.2, 0) is 0 Å². The second-order valence-corrected chi connectivity index (χ2v) is 15.4. The molecule has 0 unspecified atom stereocenters. The Balaban J connectivity index is 1.14. The van der Waals surface area contributed by atoms with E-state index in [4.69, 9.17) is 4.42 Å². The first-order chi connectivity index (χ1) is 34.1. The van der Waals surface area contributed by atoms with E-state index in [1.165, 1.54) is 4.90 Å². The van der Waals surface area contributed by atoms with Crippen LogP contribution in [0.3, 0.4) is 0 Å². The summed E-state index contributed by atoms with van der Waals surface area (Å²) in [5, 5.41) is 7.14. The molecular weight excluding hydrogens is 751 g/mol. The molecule has 0 aliphatic carbocycles. The largest absolute Gasteiger partial charge is 0.455 e. The lowest BCUT2D eigenvalue weighted by molar-refractivity contribution is 0.673. The first-order valence-electron chi connectivity index (χ1n) is 24.6. The molecule has 1 heterocycles. The summed E-state index contributed by atoms with van der Waals surface area (Å²) < 4.78 is 85.2. The van der Waals surface area contributed by atoms with Crippen molar-refractivity contribution in [2.45, 2.75) is 0 Å². The molecule has 0 saturated carbocycles. The summed E-state index contributed by atoms with van der Waals surface area (Å²) in [7, 11) is 0. The quantitative estimate of drug-likeness (QED) is 0.149. The standard InChI is InChI=1S/C60H39NO/c1-2-14-40(15-3-1)44-18-12-19-45(38-44)41-28-33-47(34-29-41)61(48-35-30-43(31-36-48)56-39-46-17-5-6-20-49(46)51-22-8-9-23-52(51)56)57-26-11-10-24-53(57)54-25-13-27-58-59(54)55-37-32-42-16-4-7-21-50(42)60(55)62-58/h1-39H/i28D,29D,30D,31D,33D,34D,35D,36D. The molecule has 62 heavy (non-hydrogen) atoms. The lowest BCUT2D eigenvalue weighted by Gasteiger charge is -2.28. The van der Waals surface area contributed by atoms with E-state index < -0.39 is 24.2 Å². The number of rotatable bonds is 7. The van der Waals surface area contributed by atoms with E-state index in [9.17, 15) is 11.0 Å². The zero-order valence-electron chi connectivity index (χ0n) is 41.3. The Kier molecular flexibility index (Phi) is 6.76. The van der Waals surface area contributed by atoms with Crippen molar-refractivity contribution in [3.8, 4) is 44.5 Å². The SMILES string of the molecule is [2H]c1c([2H])c(N(c2ccccc2-c2cccc3oc4c5ccccc5ccc4c23)c2c([2H])c([2H])c(-c3cc4ccccc4c4ccccc34)c([2H])c2[2H])c([2H])c([2H])c1-c1cccc(-c2ccccc2)c1. The van der Waals surface area contributed by atoms with E-state index in [2.05, 4.69) is 0 Å². The van der Waals surface area contributed by atoms with Crippen molar-refractivity contribution >= 4 is 71.3 Å². The molecule has 0 N–H and O–H groups in total. The Morgan fingerprint density at radius 2 is 0.919 bits per heavy atom. The van der Waals surface area contributed by atoms with E-state index in [1.807, 2.05) is 170 Å². The van der Waals surface area contributed by atoms with Crippen molar-refractivity contribution < 1.29 is 15.4 Å². The van der Waals surface area contributed by atoms with Crippen LogP contribution < -0.4 is 4.90 Å². The highest BCUT2D eigenvalue weighted by atomic mass is 16.3. The van der Waals surface area contributed by atoms with Gasteiger partial charge >= 0.3 is 0 Å². The topological polar surface area (TPSA) is 16.4 Å². The predicted molar refractivity (Wildman–Crippen MR) is 263 cm³/mol. The molecular formula is C60H39NO. The molecule has 11 aromatic carbocycles. The summed E-state index contributed by atoms with van der Waals surface area (Å²) in [5.41, 5.74) is 5.43.